The molecule has 0 radical (unpaired) electrons. The Bertz CT molecular complexity index is 719. The van der Waals surface area contributed by atoms with Crippen molar-refractivity contribution in [1.29, 1.82) is 0 Å². The second-order valence-electron chi connectivity index (χ2n) is 8.00. The zero-order chi connectivity index (χ0) is 21.0. The first-order valence-corrected chi connectivity index (χ1v) is 14.8. The SMILES string of the molecule is CCOP(=O)(OCC)/C(=C\C(C)(C)C(O)c1ccc(Cl)cc1Cl)[Si](C)(C)C. The van der Waals surface area contributed by atoms with Gasteiger partial charge >= 0.3 is 7.60 Å². The molecule has 0 saturated carbocycles. The van der Waals surface area contributed by atoms with Gasteiger partial charge in [-0.3, -0.25) is 4.57 Å². The number of halogens is 2. The lowest BCUT2D eigenvalue weighted by atomic mass is 9.83. The fourth-order valence-corrected chi connectivity index (χ4v) is 9.29. The van der Waals surface area contributed by atoms with Gasteiger partial charge in [0.15, 0.2) is 0 Å². The van der Waals surface area contributed by atoms with Crippen LogP contribution in [0.3, 0.4) is 0 Å². The lowest BCUT2D eigenvalue weighted by Gasteiger charge is -2.34. The number of rotatable bonds is 9. The maximum Gasteiger partial charge on any atom is 0.353 e. The van der Waals surface area contributed by atoms with E-state index in [1.165, 1.54) is 0 Å². The molecule has 1 N–H and O–H groups in total. The number of hydrogen-bond acceptors (Lipinski definition) is 4. The third kappa shape index (κ3) is 6.43. The Labute approximate surface area is 174 Å². The van der Waals surface area contributed by atoms with Crippen molar-refractivity contribution in [3.8, 4) is 0 Å². The van der Waals surface area contributed by atoms with E-state index in [1.807, 2.05) is 19.9 Å². The predicted octanol–water partition coefficient (Wildman–Crippen LogP) is 7.08. The molecule has 0 aromatic heterocycles. The smallest absolute Gasteiger partial charge is 0.353 e. The van der Waals surface area contributed by atoms with E-state index in [-0.39, 0.29) is 13.2 Å². The molecule has 1 unspecified atom stereocenters. The molecule has 1 aromatic carbocycles. The van der Waals surface area contributed by atoms with E-state index in [0.717, 1.165) is 0 Å². The van der Waals surface area contributed by atoms with Crippen LogP contribution in [0.4, 0.5) is 0 Å². The Morgan fingerprint density at radius 2 is 1.74 bits per heavy atom. The van der Waals surface area contributed by atoms with Gasteiger partial charge in [-0.2, -0.15) is 0 Å². The molecule has 0 aliphatic heterocycles. The number of aliphatic hydroxyl groups is 1. The maximum atomic E-state index is 13.5. The first-order chi connectivity index (χ1) is 12.3. The minimum absolute atomic E-state index is 0.283. The van der Waals surface area contributed by atoms with Gasteiger partial charge in [0.25, 0.3) is 0 Å². The molecule has 0 heterocycles. The van der Waals surface area contributed by atoms with Crippen LogP contribution in [0.15, 0.2) is 29.2 Å². The first-order valence-electron chi connectivity index (χ1n) is 9.04. The van der Waals surface area contributed by atoms with Gasteiger partial charge in [0, 0.05) is 26.0 Å². The summed E-state index contributed by atoms with van der Waals surface area (Å²) in [6.07, 6.45) is 0.950. The lowest BCUT2D eigenvalue weighted by Crippen LogP contribution is -2.29. The van der Waals surface area contributed by atoms with Gasteiger partial charge in [-0.1, -0.05) is 68.8 Å². The average molecular weight is 453 g/mol. The second kappa shape index (κ2) is 9.58. The minimum atomic E-state index is -3.44. The third-order valence-corrected chi connectivity index (χ3v) is 11.1. The minimum Gasteiger partial charge on any atom is -0.387 e. The molecule has 1 aromatic rings. The summed E-state index contributed by atoms with van der Waals surface area (Å²) < 4.78 is 24.7. The number of aliphatic hydroxyl groups excluding tert-OH is 1. The molecule has 0 spiro atoms. The fourth-order valence-electron chi connectivity index (χ4n) is 2.78. The van der Waals surface area contributed by atoms with Crippen LogP contribution in [-0.4, -0.2) is 26.4 Å². The van der Waals surface area contributed by atoms with Crippen molar-refractivity contribution in [3.05, 3.63) is 44.8 Å². The summed E-state index contributed by atoms with van der Waals surface area (Å²) >= 11 is 12.3. The van der Waals surface area contributed by atoms with E-state index in [0.29, 0.717) is 20.5 Å². The van der Waals surface area contributed by atoms with Crippen LogP contribution in [0.25, 0.3) is 0 Å². The summed E-state index contributed by atoms with van der Waals surface area (Å²) in [5.41, 5.74) is -0.184. The highest BCUT2D eigenvalue weighted by Gasteiger charge is 2.41. The van der Waals surface area contributed by atoms with Crippen molar-refractivity contribution in [3.63, 3.8) is 0 Å². The van der Waals surface area contributed by atoms with Crippen molar-refractivity contribution >= 4 is 38.9 Å². The quantitative estimate of drug-likeness (QED) is 0.321. The molecule has 1 atom stereocenters. The van der Waals surface area contributed by atoms with E-state index in [1.54, 1.807) is 32.0 Å². The molecule has 0 bridgehead atoms. The summed E-state index contributed by atoms with van der Waals surface area (Å²) in [5.74, 6) is 0. The molecular weight excluding hydrogens is 422 g/mol. The van der Waals surface area contributed by atoms with Crippen LogP contribution in [0.1, 0.15) is 39.4 Å². The summed E-state index contributed by atoms with van der Waals surface area (Å²) in [6.45, 7) is 14.2. The van der Waals surface area contributed by atoms with E-state index >= 15 is 0 Å². The highest BCUT2D eigenvalue weighted by atomic mass is 35.5. The van der Waals surface area contributed by atoms with E-state index in [2.05, 4.69) is 19.6 Å². The molecular formula is C19H31Cl2O4PSi. The van der Waals surface area contributed by atoms with Crippen LogP contribution in [-0.2, 0) is 13.6 Å². The molecule has 0 saturated heterocycles. The zero-order valence-electron chi connectivity index (χ0n) is 17.2. The van der Waals surface area contributed by atoms with Gasteiger partial charge in [-0.15, -0.1) is 0 Å². The Morgan fingerprint density at radius 3 is 2.15 bits per heavy atom. The number of hydrogen-bond donors (Lipinski definition) is 1. The van der Waals surface area contributed by atoms with Crippen LogP contribution in [0.5, 0.6) is 0 Å². The fraction of sp³-hybridized carbons (Fsp3) is 0.579. The molecule has 0 aliphatic rings. The van der Waals surface area contributed by atoms with Crippen molar-refractivity contribution in [1.82, 2.24) is 0 Å². The van der Waals surface area contributed by atoms with Gasteiger partial charge in [-0.05, 0) is 26.0 Å². The molecule has 1 rings (SSSR count). The van der Waals surface area contributed by atoms with Crippen LogP contribution < -0.4 is 0 Å². The van der Waals surface area contributed by atoms with Crippen molar-refractivity contribution in [2.24, 2.45) is 5.41 Å². The van der Waals surface area contributed by atoms with Gasteiger partial charge < -0.3 is 14.2 Å². The lowest BCUT2D eigenvalue weighted by molar-refractivity contribution is 0.0818. The summed E-state index contributed by atoms with van der Waals surface area (Å²) in [6, 6.07) is 5.01. The van der Waals surface area contributed by atoms with Gasteiger partial charge in [-0.25, -0.2) is 0 Å². The number of benzene rings is 1. The highest BCUT2D eigenvalue weighted by Crippen LogP contribution is 2.60. The Hall–Kier alpha value is -0.133. The monoisotopic (exact) mass is 452 g/mol. The largest absolute Gasteiger partial charge is 0.387 e. The molecule has 4 nitrogen and oxygen atoms in total. The summed E-state index contributed by atoms with van der Waals surface area (Å²) in [4.78, 5) is 0.674. The first kappa shape index (κ1) is 24.9. The predicted molar refractivity (Wildman–Crippen MR) is 117 cm³/mol. The van der Waals surface area contributed by atoms with Gasteiger partial charge in [0.1, 0.15) is 0 Å². The topological polar surface area (TPSA) is 55.8 Å². The van der Waals surface area contributed by atoms with E-state index in [4.69, 9.17) is 32.2 Å². The molecule has 154 valence electrons. The second-order valence-corrected chi connectivity index (χ2v) is 16.3. The van der Waals surface area contributed by atoms with Gasteiger partial charge in [0.05, 0.1) is 27.4 Å². The summed E-state index contributed by atoms with van der Waals surface area (Å²) in [5, 5.41) is 11.9. The molecule has 27 heavy (non-hydrogen) atoms. The molecule has 0 fully saturated rings. The van der Waals surface area contributed by atoms with E-state index in [9.17, 15) is 9.67 Å². The standard InChI is InChI=1S/C19H31Cl2O4PSi/c1-8-24-26(23,25-9-2)17(27(5,6)7)13-19(3,4)18(22)15-11-10-14(20)12-16(15)21/h10-13,18,22H,8-9H2,1-7H3/b17-13+. The Morgan fingerprint density at radius 1 is 1.22 bits per heavy atom. The normalized spacial score (nSPS) is 15.1. The molecule has 8 heteroatoms. The van der Waals surface area contributed by atoms with Crippen LogP contribution in [0.2, 0.25) is 29.7 Å². The van der Waals surface area contributed by atoms with E-state index < -0.39 is 27.2 Å². The van der Waals surface area contributed by atoms with Crippen molar-refractivity contribution in [2.45, 2.75) is 53.4 Å². The summed E-state index contributed by atoms with van der Waals surface area (Å²) in [7, 11) is -5.53. The molecule has 0 aliphatic carbocycles. The van der Waals surface area contributed by atoms with Crippen LogP contribution in [0, 0.1) is 5.41 Å². The molecule has 0 amide bonds. The highest BCUT2D eigenvalue weighted by molar-refractivity contribution is 7.62. The zero-order valence-corrected chi connectivity index (χ0v) is 20.6. The third-order valence-electron chi connectivity index (χ3n) is 4.13. The average Bonchev–Trinajstić information content (AvgIpc) is 2.51. The van der Waals surface area contributed by atoms with Crippen LogP contribution >= 0.6 is 30.8 Å². The Kier molecular flexibility index (Phi) is 8.83. The van der Waals surface area contributed by atoms with Crippen molar-refractivity contribution < 1.29 is 18.7 Å². The maximum absolute atomic E-state index is 13.5. The van der Waals surface area contributed by atoms with Gasteiger partial charge in [0.2, 0.25) is 0 Å². The Balaban J connectivity index is 3.49. The van der Waals surface area contributed by atoms with Crippen molar-refractivity contribution in [2.75, 3.05) is 13.2 Å².